The fourth-order valence-corrected chi connectivity index (χ4v) is 5.65. The lowest BCUT2D eigenvalue weighted by molar-refractivity contribution is -0.139. The van der Waals surface area contributed by atoms with Gasteiger partial charge < -0.3 is 10.2 Å². The zero-order valence-corrected chi connectivity index (χ0v) is 22.7. The highest BCUT2D eigenvalue weighted by atomic mass is 32.2. The molecule has 1 atom stereocenters. The van der Waals surface area contributed by atoms with Gasteiger partial charge in [0.05, 0.1) is 11.9 Å². The number of para-hydroxylation sites is 1. The molecule has 1 aliphatic carbocycles. The number of amides is 2. The number of benzene rings is 2. The van der Waals surface area contributed by atoms with Crippen LogP contribution in [-0.2, 0) is 32.6 Å². The van der Waals surface area contributed by atoms with Gasteiger partial charge in [-0.1, -0.05) is 68.7 Å². The molecule has 2 aromatic carbocycles. The summed E-state index contributed by atoms with van der Waals surface area (Å²) in [5.41, 5.74) is 3.25. The molecular formula is C28H39N3O4S. The predicted molar refractivity (Wildman–Crippen MR) is 144 cm³/mol. The molecule has 0 bridgehead atoms. The van der Waals surface area contributed by atoms with Crippen LogP contribution in [0.1, 0.15) is 62.6 Å². The summed E-state index contributed by atoms with van der Waals surface area (Å²) in [6.07, 6.45) is 6.98. The first-order valence-electron chi connectivity index (χ1n) is 12.8. The van der Waals surface area contributed by atoms with Crippen LogP contribution in [0.15, 0.2) is 48.5 Å². The van der Waals surface area contributed by atoms with Crippen LogP contribution in [0.5, 0.6) is 0 Å². The molecule has 3 rings (SSSR count). The Balaban J connectivity index is 1.90. The van der Waals surface area contributed by atoms with Gasteiger partial charge in [-0.15, -0.1) is 0 Å². The summed E-state index contributed by atoms with van der Waals surface area (Å²) in [6.45, 7) is 5.48. The Hall–Kier alpha value is -2.87. The molecule has 0 unspecified atom stereocenters. The number of hydrogen-bond donors (Lipinski definition) is 1. The molecule has 1 aliphatic rings. The Bertz CT molecular complexity index is 1160. The standard InChI is InChI=1S/C28H39N3O4S/c1-5-23-14-11-12-18-26(23)31(36(4,34)35)20-27(32)30(19-24-15-10-9-13-21(24)2)22(3)28(33)29-25-16-7-6-8-17-25/h9-15,18,22,25H,5-8,16-17,19-20H2,1-4H3,(H,29,33)/t22-/m1/s1. The predicted octanol–water partition coefficient (Wildman–Crippen LogP) is 4.19. The van der Waals surface area contributed by atoms with Crippen molar-refractivity contribution in [3.63, 3.8) is 0 Å². The molecule has 0 heterocycles. The Morgan fingerprint density at radius 2 is 1.61 bits per heavy atom. The molecule has 196 valence electrons. The lowest BCUT2D eigenvalue weighted by atomic mass is 9.95. The fraction of sp³-hybridized carbons (Fsp3) is 0.500. The molecule has 7 nitrogen and oxygen atoms in total. The summed E-state index contributed by atoms with van der Waals surface area (Å²) in [4.78, 5) is 28.5. The van der Waals surface area contributed by atoms with E-state index in [0.29, 0.717) is 12.1 Å². The maximum Gasteiger partial charge on any atom is 0.244 e. The first-order valence-corrected chi connectivity index (χ1v) is 14.7. The third-order valence-electron chi connectivity index (χ3n) is 7.04. The number of carbonyl (C=O) groups is 2. The molecule has 0 radical (unpaired) electrons. The largest absolute Gasteiger partial charge is 0.352 e. The quantitative estimate of drug-likeness (QED) is 0.516. The molecule has 1 fully saturated rings. The van der Waals surface area contributed by atoms with Crippen LogP contribution < -0.4 is 9.62 Å². The third-order valence-corrected chi connectivity index (χ3v) is 8.17. The summed E-state index contributed by atoms with van der Waals surface area (Å²) < 4.78 is 26.8. The normalized spacial score (nSPS) is 15.2. The molecule has 2 amide bonds. The zero-order valence-electron chi connectivity index (χ0n) is 21.9. The summed E-state index contributed by atoms with van der Waals surface area (Å²) in [5.74, 6) is -0.621. The molecule has 1 saturated carbocycles. The monoisotopic (exact) mass is 513 g/mol. The number of nitrogens with one attached hydrogen (secondary N) is 1. The molecule has 1 N–H and O–H groups in total. The summed E-state index contributed by atoms with van der Waals surface area (Å²) in [7, 11) is -3.74. The number of aryl methyl sites for hydroxylation is 2. The highest BCUT2D eigenvalue weighted by Gasteiger charge is 2.31. The smallest absolute Gasteiger partial charge is 0.244 e. The van der Waals surface area contributed by atoms with Crippen LogP contribution in [0.3, 0.4) is 0 Å². The summed E-state index contributed by atoms with van der Waals surface area (Å²) in [6, 6.07) is 14.3. The van der Waals surface area contributed by atoms with Crippen LogP contribution in [0.2, 0.25) is 0 Å². The van der Waals surface area contributed by atoms with Crippen LogP contribution >= 0.6 is 0 Å². The summed E-state index contributed by atoms with van der Waals surface area (Å²) >= 11 is 0. The molecular weight excluding hydrogens is 474 g/mol. The minimum atomic E-state index is -3.74. The maximum absolute atomic E-state index is 13.8. The van der Waals surface area contributed by atoms with Gasteiger partial charge in [0.2, 0.25) is 21.8 Å². The van der Waals surface area contributed by atoms with E-state index < -0.39 is 22.0 Å². The second kappa shape index (κ2) is 12.4. The first kappa shape index (κ1) is 27.7. The molecule has 0 spiro atoms. The average molecular weight is 514 g/mol. The minimum Gasteiger partial charge on any atom is -0.352 e. The van der Waals surface area contributed by atoms with Gasteiger partial charge in [0, 0.05) is 12.6 Å². The molecule has 2 aromatic rings. The van der Waals surface area contributed by atoms with E-state index in [2.05, 4.69) is 5.32 Å². The average Bonchev–Trinajstić information content (AvgIpc) is 2.86. The van der Waals surface area contributed by atoms with E-state index in [1.807, 2.05) is 50.2 Å². The van der Waals surface area contributed by atoms with Crippen molar-refractivity contribution in [2.75, 3.05) is 17.1 Å². The molecule has 36 heavy (non-hydrogen) atoms. The van der Waals surface area contributed by atoms with Crippen LogP contribution in [0.25, 0.3) is 0 Å². The number of sulfonamides is 1. The Morgan fingerprint density at radius 3 is 2.22 bits per heavy atom. The lowest BCUT2D eigenvalue weighted by Gasteiger charge is -2.33. The van der Waals surface area contributed by atoms with Gasteiger partial charge in [-0.3, -0.25) is 13.9 Å². The second-order valence-corrected chi connectivity index (χ2v) is 11.6. The van der Waals surface area contributed by atoms with Crippen LogP contribution in [-0.4, -0.2) is 50.0 Å². The van der Waals surface area contributed by atoms with Crippen molar-refractivity contribution in [2.24, 2.45) is 0 Å². The third kappa shape index (κ3) is 7.09. The number of rotatable bonds is 10. The van der Waals surface area contributed by atoms with Gasteiger partial charge in [0.15, 0.2) is 0 Å². The van der Waals surface area contributed by atoms with Gasteiger partial charge in [-0.25, -0.2) is 8.42 Å². The first-order chi connectivity index (χ1) is 17.1. The van der Waals surface area contributed by atoms with E-state index in [1.165, 1.54) is 11.3 Å². The number of carbonyl (C=O) groups excluding carboxylic acids is 2. The van der Waals surface area contributed by atoms with Crippen LogP contribution in [0.4, 0.5) is 5.69 Å². The van der Waals surface area contributed by atoms with Gasteiger partial charge in [-0.05, 0) is 55.9 Å². The lowest BCUT2D eigenvalue weighted by Crippen LogP contribution is -2.53. The Morgan fingerprint density at radius 1 is 1.00 bits per heavy atom. The van der Waals surface area contributed by atoms with Crippen molar-refractivity contribution in [1.29, 1.82) is 0 Å². The van der Waals surface area contributed by atoms with Crippen molar-refractivity contribution in [3.05, 3.63) is 65.2 Å². The van der Waals surface area contributed by atoms with Gasteiger partial charge in [0.1, 0.15) is 12.6 Å². The highest BCUT2D eigenvalue weighted by Crippen LogP contribution is 2.24. The topological polar surface area (TPSA) is 86.8 Å². The second-order valence-electron chi connectivity index (χ2n) is 9.72. The van der Waals surface area contributed by atoms with Crippen molar-refractivity contribution >= 4 is 27.5 Å². The highest BCUT2D eigenvalue weighted by molar-refractivity contribution is 7.92. The SMILES string of the molecule is CCc1ccccc1N(CC(=O)N(Cc1ccccc1C)[C@H](C)C(=O)NC1CCCCC1)S(C)(=O)=O. The van der Waals surface area contributed by atoms with Crippen molar-refractivity contribution in [3.8, 4) is 0 Å². The maximum atomic E-state index is 13.8. The van der Waals surface area contributed by atoms with E-state index in [4.69, 9.17) is 0 Å². The van der Waals surface area contributed by atoms with E-state index >= 15 is 0 Å². The van der Waals surface area contributed by atoms with Gasteiger partial charge in [-0.2, -0.15) is 0 Å². The number of hydrogen-bond acceptors (Lipinski definition) is 4. The van der Waals surface area contributed by atoms with E-state index in [-0.39, 0.29) is 25.0 Å². The zero-order chi connectivity index (χ0) is 26.3. The molecule has 0 aliphatic heterocycles. The van der Waals surface area contributed by atoms with Gasteiger partial charge in [0.25, 0.3) is 0 Å². The van der Waals surface area contributed by atoms with E-state index in [1.54, 1.807) is 19.1 Å². The van der Waals surface area contributed by atoms with Crippen LogP contribution in [0, 0.1) is 6.92 Å². The number of nitrogens with zero attached hydrogens (tertiary/aromatic N) is 2. The Labute approximate surface area is 215 Å². The molecule has 0 saturated heterocycles. The summed E-state index contributed by atoms with van der Waals surface area (Å²) in [5, 5.41) is 3.12. The minimum absolute atomic E-state index is 0.119. The Kier molecular flexibility index (Phi) is 9.54. The van der Waals surface area contributed by atoms with E-state index in [9.17, 15) is 18.0 Å². The van der Waals surface area contributed by atoms with Crippen molar-refractivity contribution in [1.82, 2.24) is 10.2 Å². The molecule has 8 heteroatoms. The fourth-order valence-electron chi connectivity index (χ4n) is 4.77. The van der Waals surface area contributed by atoms with Crippen molar-refractivity contribution < 1.29 is 18.0 Å². The van der Waals surface area contributed by atoms with Gasteiger partial charge >= 0.3 is 0 Å². The van der Waals surface area contributed by atoms with E-state index in [0.717, 1.165) is 52.9 Å². The number of anilines is 1. The molecule has 0 aromatic heterocycles. The van der Waals surface area contributed by atoms with Crippen molar-refractivity contribution in [2.45, 2.75) is 77.9 Å².